The highest BCUT2D eigenvalue weighted by atomic mass is 16.5. The number of rotatable bonds is 4. The smallest absolute Gasteiger partial charge is 0.314 e. The molecule has 2 aromatic rings. The van der Waals surface area contributed by atoms with Crippen molar-refractivity contribution in [2.75, 3.05) is 47.2 Å². The number of carbonyl (C=O) groups is 3. The molecule has 2 aromatic carbocycles. The molecular weight excluding hydrogens is 360 g/mol. The SMILES string of the molecule is CC(=O)Nc1cccc(NC(=O)C(=O)Nc2ccccc2N2CCOCC2)c1. The fraction of sp³-hybridized carbons (Fsp3) is 0.250. The second kappa shape index (κ2) is 9.01. The zero-order valence-electron chi connectivity index (χ0n) is 15.5. The second-order valence-electron chi connectivity index (χ2n) is 6.29. The molecule has 0 unspecified atom stereocenters. The monoisotopic (exact) mass is 382 g/mol. The van der Waals surface area contributed by atoms with E-state index in [1.807, 2.05) is 12.1 Å². The van der Waals surface area contributed by atoms with Gasteiger partial charge in [0.2, 0.25) is 5.91 Å². The fourth-order valence-electron chi connectivity index (χ4n) is 2.90. The molecule has 3 rings (SSSR count). The lowest BCUT2D eigenvalue weighted by Crippen LogP contribution is -2.37. The fourth-order valence-corrected chi connectivity index (χ4v) is 2.90. The average molecular weight is 382 g/mol. The molecule has 1 aliphatic rings. The van der Waals surface area contributed by atoms with Crippen molar-refractivity contribution in [3.05, 3.63) is 48.5 Å². The van der Waals surface area contributed by atoms with Gasteiger partial charge in [0.05, 0.1) is 24.6 Å². The molecule has 8 heteroatoms. The van der Waals surface area contributed by atoms with Gasteiger partial charge in [0.15, 0.2) is 0 Å². The Bertz CT molecular complexity index is 878. The van der Waals surface area contributed by atoms with Gasteiger partial charge in [0, 0.05) is 31.4 Å². The van der Waals surface area contributed by atoms with Crippen LogP contribution in [0.5, 0.6) is 0 Å². The molecule has 1 aliphatic heterocycles. The maximum atomic E-state index is 12.4. The molecule has 0 radical (unpaired) electrons. The summed E-state index contributed by atoms with van der Waals surface area (Å²) in [4.78, 5) is 37.9. The molecule has 0 atom stereocenters. The van der Waals surface area contributed by atoms with Crippen LogP contribution in [0.15, 0.2) is 48.5 Å². The highest BCUT2D eigenvalue weighted by molar-refractivity contribution is 6.44. The summed E-state index contributed by atoms with van der Waals surface area (Å²) in [7, 11) is 0. The number of anilines is 4. The van der Waals surface area contributed by atoms with Gasteiger partial charge in [-0.25, -0.2) is 0 Å². The normalized spacial score (nSPS) is 13.5. The van der Waals surface area contributed by atoms with Gasteiger partial charge in [-0.1, -0.05) is 18.2 Å². The molecule has 3 amide bonds. The van der Waals surface area contributed by atoms with Crippen molar-refractivity contribution < 1.29 is 19.1 Å². The summed E-state index contributed by atoms with van der Waals surface area (Å²) in [6.45, 7) is 4.06. The summed E-state index contributed by atoms with van der Waals surface area (Å²) < 4.78 is 5.36. The van der Waals surface area contributed by atoms with Gasteiger partial charge < -0.3 is 25.6 Å². The van der Waals surface area contributed by atoms with Crippen molar-refractivity contribution in [1.29, 1.82) is 0 Å². The Kier molecular flexibility index (Phi) is 6.23. The van der Waals surface area contributed by atoms with Crippen LogP contribution >= 0.6 is 0 Å². The molecule has 0 aliphatic carbocycles. The third-order valence-electron chi connectivity index (χ3n) is 4.15. The van der Waals surface area contributed by atoms with Gasteiger partial charge in [-0.15, -0.1) is 0 Å². The van der Waals surface area contributed by atoms with Crippen LogP contribution in [-0.4, -0.2) is 44.0 Å². The summed E-state index contributed by atoms with van der Waals surface area (Å²) in [5, 5.41) is 7.83. The number of amides is 3. The van der Waals surface area contributed by atoms with Crippen molar-refractivity contribution in [1.82, 2.24) is 0 Å². The number of carbonyl (C=O) groups excluding carboxylic acids is 3. The molecule has 0 aromatic heterocycles. The van der Waals surface area contributed by atoms with Gasteiger partial charge in [0.1, 0.15) is 0 Å². The molecule has 1 fully saturated rings. The zero-order valence-corrected chi connectivity index (χ0v) is 15.5. The van der Waals surface area contributed by atoms with E-state index >= 15 is 0 Å². The molecular formula is C20H22N4O4. The van der Waals surface area contributed by atoms with Crippen molar-refractivity contribution in [3.8, 4) is 0 Å². The predicted octanol–water partition coefficient (Wildman–Crippen LogP) is 2.06. The highest BCUT2D eigenvalue weighted by Crippen LogP contribution is 2.26. The largest absolute Gasteiger partial charge is 0.378 e. The molecule has 146 valence electrons. The van der Waals surface area contributed by atoms with Crippen molar-refractivity contribution >= 4 is 40.5 Å². The Balaban J connectivity index is 1.66. The Hall–Kier alpha value is -3.39. The van der Waals surface area contributed by atoms with Crippen LogP contribution in [-0.2, 0) is 19.1 Å². The Labute approximate surface area is 162 Å². The maximum absolute atomic E-state index is 12.4. The van der Waals surface area contributed by atoms with E-state index < -0.39 is 11.8 Å². The maximum Gasteiger partial charge on any atom is 0.314 e. The van der Waals surface area contributed by atoms with Crippen molar-refractivity contribution in [3.63, 3.8) is 0 Å². The molecule has 1 heterocycles. The minimum atomic E-state index is -0.795. The van der Waals surface area contributed by atoms with E-state index in [0.29, 0.717) is 30.3 Å². The number of morpholine rings is 1. The number of para-hydroxylation sites is 2. The number of nitrogens with zero attached hydrogens (tertiary/aromatic N) is 1. The lowest BCUT2D eigenvalue weighted by Gasteiger charge is -2.30. The molecule has 8 nitrogen and oxygen atoms in total. The average Bonchev–Trinajstić information content (AvgIpc) is 2.69. The van der Waals surface area contributed by atoms with E-state index in [0.717, 1.165) is 18.8 Å². The molecule has 0 spiro atoms. The molecule has 0 saturated carbocycles. The topological polar surface area (TPSA) is 99.8 Å². The third kappa shape index (κ3) is 5.08. The first-order valence-electron chi connectivity index (χ1n) is 8.94. The molecule has 28 heavy (non-hydrogen) atoms. The molecule has 0 bridgehead atoms. The first-order chi connectivity index (χ1) is 13.5. The van der Waals surface area contributed by atoms with E-state index in [4.69, 9.17) is 4.74 Å². The first kappa shape index (κ1) is 19.4. The summed E-state index contributed by atoms with van der Waals surface area (Å²) in [6.07, 6.45) is 0. The Morgan fingerprint density at radius 2 is 1.50 bits per heavy atom. The third-order valence-corrected chi connectivity index (χ3v) is 4.15. The van der Waals surface area contributed by atoms with E-state index in [2.05, 4.69) is 20.9 Å². The minimum absolute atomic E-state index is 0.221. The predicted molar refractivity (Wildman–Crippen MR) is 107 cm³/mol. The van der Waals surface area contributed by atoms with Crippen molar-refractivity contribution in [2.24, 2.45) is 0 Å². The van der Waals surface area contributed by atoms with E-state index in [9.17, 15) is 14.4 Å². The van der Waals surface area contributed by atoms with Gasteiger partial charge in [0.25, 0.3) is 0 Å². The Morgan fingerprint density at radius 3 is 2.21 bits per heavy atom. The lowest BCUT2D eigenvalue weighted by atomic mass is 10.2. The van der Waals surface area contributed by atoms with Crippen LogP contribution in [0.25, 0.3) is 0 Å². The summed E-state index contributed by atoms with van der Waals surface area (Å²) >= 11 is 0. The number of nitrogens with one attached hydrogen (secondary N) is 3. The van der Waals surface area contributed by atoms with Gasteiger partial charge in [-0.3, -0.25) is 14.4 Å². The summed E-state index contributed by atoms with van der Waals surface area (Å²) in [5.74, 6) is -1.79. The van der Waals surface area contributed by atoms with Gasteiger partial charge in [-0.2, -0.15) is 0 Å². The zero-order chi connectivity index (χ0) is 19.9. The number of ether oxygens (including phenoxy) is 1. The molecule has 3 N–H and O–H groups in total. The van der Waals surface area contributed by atoms with E-state index in [1.165, 1.54) is 6.92 Å². The highest BCUT2D eigenvalue weighted by Gasteiger charge is 2.19. The van der Waals surface area contributed by atoms with Crippen LogP contribution in [0.4, 0.5) is 22.7 Å². The second-order valence-corrected chi connectivity index (χ2v) is 6.29. The number of hydrogen-bond acceptors (Lipinski definition) is 5. The van der Waals surface area contributed by atoms with Crippen LogP contribution in [0, 0.1) is 0 Å². The number of benzene rings is 2. The standard InChI is InChI=1S/C20H22N4O4/c1-14(25)21-15-5-4-6-16(13-15)22-19(26)20(27)23-17-7-2-3-8-18(17)24-9-11-28-12-10-24/h2-8,13H,9-12H2,1H3,(H,21,25)(H,22,26)(H,23,27). The van der Waals surface area contributed by atoms with Gasteiger partial charge in [-0.05, 0) is 30.3 Å². The Morgan fingerprint density at radius 1 is 0.857 bits per heavy atom. The van der Waals surface area contributed by atoms with E-state index in [-0.39, 0.29) is 5.91 Å². The number of hydrogen-bond donors (Lipinski definition) is 3. The van der Waals surface area contributed by atoms with Gasteiger partial charge >= 0.3 is 11.8 Å². The lowest BCUT2D eigenvalue weighted by molar-refractivity contribution is -0.132. The summed E-state index contributed by atoms with van der Waals surface area (Å²) in [5.41, 5.74) is 2.35. The van der Waals surface area contributed by atoms with E-state index in [1.54, 1.807) is 36.4 Å². The molecule has 1 saturated heterocycles. The quantitative estimate of drug-likeness (QED) is 0.703. The van der Waals surface area contributed by atoms with Crippen molar-refractivity contribution in [2.45, 2.75) is 6.92 Å². The van der Waals surface area contributed by atoms with Crippen LogP contribution in [0.3, 0.4) is 0 Å². The first-order valence-corrected chi connectivity index (χ1v) is 8.94. The van der Waals surface area contributed by atoms with Crippen LogP contribution in [0.1, 0.15) is 6.92 Å². The van der Waals surface area contributed by atoms with Crippen LogP contribution in [0.2, 0.25) is 0 Å². The minimum Gasteiger partial charge on any atom is -0.378 e. The summed E-state index contributed by atoms with van der Waals surface area (Å²) in [6, 6.07) is 13.9. The van der Waals surface area contributed by atoms with Crippen LogP contribution < -0.4 is 20.9 Å².